The van der Waals surface area contributed by atoms with Crippen LogP contribution >= 0.6 is 0 Å². The lowest BCUT2D eigenvalue weighted by atomic mass is 9.51. The Labute approximate surface area is 209 Å². The number of piperidine rings is 1. The van der Waals surface area contributed by atoms with E-state index in [9.17, 15) is 19.1 Å². The average molecular weight is 488 g/mol. The molecular weight excluding hydrogens is 445 g/mol. The van der Waals surface area contributed by atoms with Crippen molar-refractivity contribution in [3.05, 3.63) is 30.1 Å². The standard InChI is InChI=1S/C28H42FN3O3/c1-17-10-14-32(15-11-17)26(34)18(2)22-8-12-28(4)13-9-23(19(3)24(28)25(22)33)31-27(35)30-21-7-5-6-20(29)16-21/h5-7,16-19,22-25,33H,8-15H2,1-4H3,(H2,30,31,35)/t18-,19+,22-,23-,24+,25-,28-/m0/s1. The molecule has 35 heavy (non-hydrogen) atoms. The molecule has 0 aromatic heterocycles. The topological polar surface area (TPSA) is 81.7 Å². The molecule has 2 aliphatic carbocycles. The van der Waals surface area contributed by atoms with E-state index in [1.54, 1.807) is 12.1 Å². The van der Waals surface area contributed by atoms with E-state index in [0.29, 0.717) is 11.6 Å². The molecule has 1 saturated heterocycles. The molecule has 1 heterocycles. The number of fused-ring (bicyclic) bond motifs is 1. The van der Waals surface area contributed by atoms with Gasteiger partial charge in [-0.3, -0.25) is 4.79 Å². The fraction of sp³-hybridized carbons (Fsp3) is 0.714. The molecule has 3 N–H and O–H groups in total. The van der Waals surface area contributed by atoms with E-state index in [4.69, 9.17) is 0 Å². The fourth-order valence-electron chi connectivity index (χ4n) is 7.10. The zero-order chi connectivity index (χ0) is 25.3. The molecule has 0 unspecified atom stereocenters. The van der Waals surface area contributed by atoms with Crippen LogP contribution in [0, 0.1) is 40.8 Å². The Balaban J connectivity index is 1.42. The molecule has 6 nitrogen and oxygen atoms in total. The summed E-state index contributed by atoms with van der Waals surface area (Å²) in [5.41, 5.74) is 0.406. The summed E-state index contributed by atoms with van der Waals surface area (Å²) < 4.78 is 13.5. The Bertz CT molecular complexity index is 918. The molecule has 1 aliphatic heterocycles. The quantitative estimate of drug-likeness (QED) is 0.557. The molecule has 0 spiro atoms. The predicted octanol–water partition coefficient (Wildman–Crippen LogP) is 5.03. The van der Waals surface area contributed by atoms with Crippen molar-refractivity contribution in [2.24, 2.45) is 35.0 Å². The molecule has 194 valence electrons. The molecule has 3 fully saturated rings. The summed E-state index contributed by atoms with van der Waals surface area (Å²) in [5, 5.41) is 17.4. The molecular formula is C28H42FN3O3. The van der Waals surface area contributed by atoms with Gasteiger partial charge < -0.3 is 20.6 Å². The summed E-state index contributed by atoms with van der Waals surface area (Å²) in [6.45, 7) is 10.2. The third-order valence-corrected chi connectivity index (χ3v) is 9.41. The number of rotatable bonds is 4. The SMILES string of the molecule is CC1CCN(C(=O)[C@@H](C)[C@@H]2CC[C@@]3(C)CC[C@H](NC(=O)Nc4cccc(F)c4)[C@@H](C)[C@@H]3[C@H]2O)CC1. The highest BCUT2D eigenvalue weighted by atomic mass is 19.1. The van der Waals surface area contributed by atoms with Crippen molar-refractivity contribution in [3.8, 4) is 0 Å². The van der Waals surface area contributed by atoms with Crippen LogP contribution in [0.15, 0.2) is 24.3 Å². The van der Waals surface area contributed by atoms with Gasteiger partial charge >= 0.3 is 6.03 Å². The van der Waals surface area contributed by atoms with Gasteiger partial charge in [0.2, 0.25) is 5.91 Å². The zero-order valence-corrected chi connectivity index (χ0v) is 21.6. The number of hydrogen-bond acceptors (Lipinski definition) is 3. The maximum Gasteiger partial charge on any atom is 0.319 e. The van der Waals surface area contributed by atoms with Crippen molar-refractivity contribution in [1.29, 1.82) is 0 Å². The first-order valence-corrected chi connectivity index (χ1v) is 13.4. The van der Waals surface area contributed by atoms with Gasteiger partial charge in [-0.25, -0.2) is 9.18 Å². The number of nitrogens with zero attached hydrogens (tertiary/aromatic N) is 1. The van der Waals surface area contributed by atoms with Gasteiger partial charge in [0.25, 0.3) is 0 Å². The smallest absolute Gasteiger partial charge is 0.319 e. The summed E-state index contributed by atoms with van der Waals surface area (Å²) in [5.74, 6) is 0.234. The Morgan fingerprint density at radius 3 is 2.51 bits per heavy atom. The summed E-state index contributed by atoms with van der Waals surface area (Å²) >= 11 is 0. The average Bonchev–Trinajstić information content (AvgIpc) is 2.81. The fourth-order valence-corrected chi connectivity index (χ4v) is 7.10. The van der Waals surface area contributed by atoms with Gasteiger partial charge in [0.1, 0.15) is 5.82 Å². The highest BCUT2D eigenvalue weighted by molar-refractivity contribution is 5.89. The number of urea groups is 1. The van der Waals surface area contributed by atoms with Crippen molar-refractivity contribution in [1.82, 2.24) is 10.2 Å². The molecule has 0 bridgehead atoms. The van der Waals surface area contributed by atoms with Gasteiger partial charge in [-0.2, -0.15) is 0 Å². The molecule has 3 amide bonds. The van der Waals surface area contributed by atoms with E-state index in [2.05, 4.69) is 31.4 Å². The summed E-state index contributed by atoms with van der Waals surface area (Å²) in [7, 11) is 0. The number of likely N-dealkylation sites (tertiary alicyclic amines) is 1. The Morgan fingerprint density at radius 1 is 1.14 bits per heavy atom. The highest BCUT2D eigenvalue weighted by Crippen LogP contribution is 2.55. The molecule has 3 aliphatic rings. The van der Waals surface area contributed by atoms with E-state index in [0.717, 1.165) is 51.6 Å². The third-order valence-electron chi connectivity index (χ3n) is 9.41. The molecule has 1 aromatic rings. The molecule has 4 rings (SSSR count). The normalized spacial score (nSPS) is 34.6. The van der Waals surface area contributed by atoms with Crippen molar-refractivity contribution >= 4 is 17.6 Å². The van der Waals surface area contributed by atoms with Crippen LogP contribution in [-0.2, 0) is 4.79 Å². The second-order valence-electron chi connectivity index (χ2n) is 11.8. The lowest BCUT2D eigenvalue weighted by Gasteiger charge is -2.56. The third kappa shape index (κ3) is 5.50. The number of halogens is 1. The number of aliphatic hydroxyl groups excluding tert-OH is 1. The molecule has 7 heteroatoms. The molecule has 1 aromatic carbocycles. The zero-order valence-electron chi connectivity index (χ0n) is 21.6. The van der Waals surface area contributed by atoms with E-state index < -0.39 is 11.9 Å². The molecule has 0 radical (unpaired) electrons. The van der Waals surface area contributed by atoms with Crippen LogP contribution < -0.4 is 10.6 Å². The van der Waals surface area contributed by atoms with Crippen molar-refractivity contribution in [2.75, 3.05) is 18.4 Å². The predicted molar refractivity (Wildman–Crippen MR) is 135 cm³/mol. The van der Waals surface area contributed by atoms with E-state index in [1.807, 2.05) is 11.8 Å². The van der Waals surface area contributed by atoms with Gasteiger partial charge in [-0.1, -0.05) is 33.8 Å². The lowest BCUT2D eigenvalue weighted by Crippen LogP contribution is -2.59. The van der Waals surface area contributed by atoms with Gasteiger partial charge in [0.05, 0.1) is 6.10 Å². The maximum atomic E-state index is 13.5. The van der Waals surface area contributed by atoms with Crippen LogP contribution in [-0.4, -0.2) is 47.2 Å². The maximum absolute atomic E-state index is 13.5. The first kappa shape index (κ1) is 25.9. The van der Waals surface area contributed by atoms with Crippen LogP contribution in [0.5, 0.6) is 0 Å². The van der Waals surface area contributed by atoms with E-state index in [-0.39, 0.29) is 47.1 Å². The monoisotopic (exact) mass is 487 g/mol. The van der Waals surface area contributed by atoms with Crippen LogP contribution in [0.3, 0.4) is 0 Å². The van der Waals surface area contributed by atoms with Crippen LogP contribution in [0.4, 0.5) is 14.9 Å². The Hall–Kier alpha value is -2.15. The number of amides is 3. The lowest BCUT2D eigenvalue weighted by molar-refractivity contribution is -0.151. The number of aliphatic hydroxyl groups is 1. The highest BCUT2D eigenvalue weighted by Gasteiger charge is 2.54. The molecule has 7 atom stereocenters. The van der Waals surface area contributed by atoms with Gasteiger partial charge in [0, 0.05) is 30.7 Å². The van der Waals surface area contributed by atoms with Crippen molar-refractivity contribution < 1.29 is 19.1 Å². The van der Waals surface area contributed by atoms with Gasteiger partial charge in [-0.15, -0.1) is 0 Å². The summed E-state index contributed by atoms with van der Waals surface area (Å²) in [4.78, 5) is 28.0. The Kier molecular flexibility index (Phi) is 7.74. The number of nitrogens with one attached hydrogen (secondary N) is 2. The number of carbonyl (C=O) groups is 2. The minimum Gasteiger partial charge on any atom is -0.392 e. The first-order chi connectivity index (χ1) is 16.6. The number of benzene rings is 1. The van der Waals surface area contributed by atoms with Gasteiger partial charge in [-0.05, 0) is 85.8 Å². The summed E-state index contributed by atoms with van der Waals surface area (Å²) in [6, 6.07) is 5.39. The van der Waals surface area contributed by atoms with E-state index >= 15 is 0 Å². The number of hydrogen-bond donors (Lipinski definition) is 3. The second kappa shape index (κ2) is 10.5. The van der Waals surface area contributed by atoms with Crippen LogP contribution in [0.2, 0.25) is 0 Å². The minimum absolute atomic E-state index is 0.00410. The minimum atomic E-state index is -0.581. The van der Waals surface area contributed by atoms with E-state index in [1.165, 1.54) is 12.1 Å². The van der Waals surface area contributed by atoms with Crippen molar-refractivity contribution in [3.63, 3.8) is 0 Å². The largest absolute Gasteiger partial charge is 0.392 e. The number of anilines is 1. The number of carbonyl (C=O) groups excluding carboxylic acids is 2. The Morgan fingerprint density at radius 2 is 1.83 bits per heavy atom. The van der Waals surface area contributed by atoms with Crippen LogP contribution in [0.1, 0.15) is 66.2 Å². The first-order valence-electron chi connectivity index (χ1n) is 13.4. The summed E-state index contributed by atoms with van der Waals surface area (Å²) in [6.07, 6.45) is 5.12. The van der Waals surface area contributed by atoms with Crippen LogP contribution in [0.25, 0.3) is 0 Å². The molecule has 2 saturated carbocycles. The van der Waals surface area contributed by atoms with Crippen molar-refractivity contribution in [2.45, 2.75) is 78.4 Å². The second-order valence-corrected chi connectivity index (χ2v) is 11.8. The van der Waals surface area contributed by atoms with Gasteiger partial charge in [0.15, 0.2) is 0 Å².